The molecule has 2 aromatic carbocycles. The minimum absolute atomic E-state index is 0.0831. The number of hydrogen-bond donors (Lipinski definition) is 3. The van der Waals surface area contributed by atoms with E-state index in [1.54, 1.807) is 31.2 Å². The summed E-state index contributed by atoms with van der Waals surface area (Å²) in [5.74, 6) is -5.44. The predicted octanol–water partition coefficient (Wildman–Crippen LogP) is 4.23. The summed E-state index contributed by atoms with van der Waals surface area (Å²) in [5, 5.41) is 5.27. The molecule has 7 nitrogen and oxygen atoms in total. The van der Waals surface area contributed by atoms with Gasteiger partial charge in [-0.25, -0.2) is 9.38 Å². The van der Waals surface area contributed by atoms with E-state index >= 15 is 0 Å². The van der Waals surface area contributed by atoms with Crippen molar-refractivity contribution in [1.29, 1.82) is 0 Å². The van der Waals surface area contributed by atoms with E-state index in [9.17, 15) is 31.9 Å². The largest absolute Gasteiger partial charge is 0.389 e. The van der Waals surface area contributed by atoms with Crippen LogP contribution in [0.5, 0.6) is 0 Å². The molecule has 3 amide bonds. The molecule has 38 heavy (non-hydrogen) atoms. The third-order valence-corrected chi connectivity index (χ3v) is 6.87. The maximum Gasteiger partial charge on any atom is 0.389 e. The number of carbonyl (C=O) groups excluding carboxylic acids is 3. The van der Waals surface area contributed by atoms with Crippen LogP contribution < -0.4 is 16.4 Å². The van der Waals surface area contributed by atoms with Gasteiger partial charge in [0, 0.05) is 29.4 Å². The molecule has 202 valence electrons. The van der Waals surface area contributed by atoms with Crippen LogP contribution in [0.25, 0.3) is 0 Å². The molecule has 0 radical (unpaired) electrons. The molecule has 0 spiro atoms. The fourth-order valence-corrected chi connectivity index (χ4v) is 4.71. The summed E-state index contributed by atoms with van der Waals surface area (Å²) in [4.78, 5) is 43.2. The lowest BCUT2D eigenvalue weighted by Gasteiger charge is -2.26. The molecule has 1 aliphatic heterocycles. The van der Waals surface area contributed by atoms with Crippen LogP contribution in [0.1, 0.15) is 48.8 Å². The zero-order valence-electron chi connectivity index (χ0n) is 20.6. The van der Waals surface area contributed by atoms with Crippen LogP contribution in [-0.4, -0.2) is 35.8 Å². The lowest BCUT2D eigenvalue weighted by molar-refractivity contribution is -0.146. The highest BCUT2D eigenvalue weighted by Gasteiger charge is 2.41. The van der Waals surface area contributed by atoms with E-state index in [0.29, 0.717) is 22.4 Å². The Hall–Kier alpha value is -3.76. The molecule has 1 fully saturated rings. The molecule has 0 bridgehead atoms. The number of anilines is 1. The van der Waals surface area contributed by atoms with E-state index in [-0.39, 0.29) is 18.1 Å². The van der Waals surface area contributed by atoms with Crippen LogP contribution in [0, 0.1) is 30.5 Å². The van der Waals surface area contributed by atoms with Crippen LogP contribution in [0.15, 0.2) is 47.5 Å². The maximum absolute atomic E-state index is 14.1. The highest BCUT2D eigenvalue weighted by Crippen LogP contribution is 2.39. The number of nitrogens with one attached hydrogen (secondary N) is 2. The van der Waals surface area contributed by atoms with E-state index in [4.69, 9.17) is 5.73 Å². The number of primary amides is 1. The molecule has 1 heterocycles. The average molecular weight is 533 g/mol. The number of carbonyl (C=O) groups is 3. The Morgan fingerprint density at radius 3 is 2.50 bits per heavy atom. The number of aryl methyl sites for hydroxylation is 1. The number of nitrogens with two attached hydrogens (primary N) is 1. The average Bonchev–Trinajstić information content (AvgIpc) is 3.66. The zero-order chi connectivity index (χ0) is 27.6. The number of alkyl halides is 3. The quantitative estimate of drug-likeness (QED) is 0.420. The molecule has 3 atom stereocenters. The second-order valence-electron chi connectivity index (χ2n) is 9.83. The highest BCUT2D eigenvalue weighted by molar-refractivity contribution is 6.20. The highest BCUT2D eigenvalue weighted by atomic mass is 19.4. The van der Waals surface area contributed by atoms with Gasteiger partial charge in [0.15, 0.2) is 0 Å². The minimum Gasteiger partial charge on any atom is -0.369 e. The number of halogens is 4. The number of rotatable bonds is 9. The molecule has 2 aliphatic rings. The maximum atomic E-state index is 14.1. The lowest BCUT2D eigenvalue weighted by Crippen LogP contribution is -2.48. The SMILES string of the molecule is Cc1cccc2c1NC(=O)[C@@H](NC(=O)[C@@H](CC1CC1)[C@@H](CCC(F)(F)F)C(N)=O)N=C2c1cccc(F)c1. The van der Waals surface area contributed by atoms with Crippen molar-refractivity contribution in [2.24, 2.45) is 28.5 Å². The first-order valence-corrected chi connectivity index (χ1v) is 12.3. The molecule has 1 saturated carbocycles. The Morgan fingerprint density at radius 1 is 1.16 bits per heavy atom. The smallest absolute Gasteiger partial charge is 0.369 e. The molecule has 4 N–H and O–H groups in total. The van der Waals surface area contributed by atoms with Crippen LogP contribution in [-0.2, 0) is 14.4 Å². The number of nitrogens with zero attached hydrogens (tertiary/aromatic N) is 1. The molecule has 0 unspecified atom stereocenters. The molecular formula is C27H28F4N4O3. The summed E-state index contributed by atoms with van der Waals surface area (Å²) in [6, 6.07) is 10.8. The number of fused-ring (bicyclic) bond motifs is 1. The number of hydrogen-bond acceptors (Lipinski definition) is 4. The van der Waals surface area contributed by atoms with Gasteiger partial charge in [-0.2, -0.15) is 13.2 Å². The minimum atomic E-state index is -4.52. The molecule has 2 aromatic rings. The third-order valence-electron chi connectivity index (χ3n) is 6.87. The van der Waals surface area contributed by atoms with E-state index in [1.807, 2.05) is 0 Å². The fraction of sp³-hybridized carbons (Fsp3) is 0.407. The van der Waals surface area contributed by atoms with Crippen molar-refractivity contribution in [3.05, 3.63) is 65.0 Å². The third kappa shape index (κ3) is 6.56. The summed E-state index contributed by atoms with van der Waals surface area (Å²) in [6.45, 7) is 1.77. The van der Waals surface area contributed by atoms with Crippen molar-refractivity contribution in [1.82, 2.24) is 5.32 Å². The molecule has 11 heteroatoms. The van der Waals surface area contributed by atoms with E-state index in [1.165, 1.54) is 18.2 Å². The number of para-hydroxylation sites is 1. The van der Waals surface area contributed by atoms with Gasteiger partial charge < -0.3 is 16.4 Å². The van der Waals surface area contributed by atoms with Crippen molar-refractivity contribution in [3.63, 3.8) is 0 Å². The first kappa shape index (κ1) is 27.3. The van der Waals surface area contributed by atoms with Crippen molar-refractivity contribution in [3.8, 4) is 0 Å². The van der Waals surface area contributed by atoms with Gasteiger partial charge in [0.25, 0.3) is 5.91 Å². The van der Waals surface area contributed by atoms with Gasteiger partial charge in [0.1, 0.15) is 5.82 Å². The second kappa shape index (κ2) is 10.9. The standard InChI is InChI=1S/C27H28F4N4O3/c1-14-4-2-7-19-21(14)34-26(38)24(33-22(19)16-5-3-6-17(28)13-16)35-25(37)20(12-15-8-9-15)18(23(32)36)10-11-27(29,30)31/h2-7,13,15,18,20,24H,8-12H2,1H3,(H2,32,36)(H,34,38)(H,35,37)/t18-,20+,24-/m1/s1. The molecule has 1 aliphatic carbocycles. The van der Waals surface area contributed by atoms with Crippen LogP contribution in [0.4, 0.5) is 23.2 Å². The number of benzodiazepines with no additional fused rings is 1. The lowest BCUT2D eigenvalue weighted by atomic mass is 9.83. The van der Waals surface area contributed by atoms with Gasteiger partial charge in [-0.3, -0.25) is 14.4 Å². The van der Waals surface area contributed by atoms with E-state index < -0.39 is 60.6 Å². The van der Waals surface area contributed by atoms with Gasteiger partial charge in [0.05, 0.1) is 11.4 Å². The normalized spacial score (nSPS) is 18.9. The van der Waals surface area contributed by atoms with Gasteiger partial charge in [0.2, 0.25) is 18.0 Å². The summed E-state index contributed by atoms with van der Waals surface area (Å²) < 4.78 is 52.9. The summed E-state index contributed by atoms with van der Waals surface area (Å²) in [7, 11) is 0. The van der Waals surface area contributed by atoms with Gasteiger partial charge in [-0.1, -0.05) is 43.2 Å². The summed E-state index contributed by atoms with van der Waals surface area (Å²) in [6.07, 6.45) is -6.16. The van der Waals surface area contributed by atoms with E-state index in [2.05, 4.69) is 15.6 Å². The number of benzene rings is 2. The van der Waals surface area contributed by atoms with Crippen molar-refractivity contribution in [2.45, 2.75) is 51.4 Å². The molecule has 0 saturated heterocycles. The van der Waals surface area contributed by atoms with Gasteiger partial charge in [-0.05, 0) is 43.4 Å². The predicted molar refractivity (Wildman–Crippen MR) is 133 cm³/mol. The Morgan fingerprint density at radius 2 is 1.87 bits per heavy atom. The topological polar surface area (TPSA) is 114 Å². The number of amides is 3. The Balaban J connectivity index is 1.68. The first-order chi connectivity index (χ1) is 17.9. The van der Waals surface area contributed by atoms with Crippen molar-refractivity contribution in [2.75, 3.05) is 5.32 Å². The monoisotopic (exact) mass is 532 g/mol. The summed E-state index contributed by atoms with van der Waals surface area (Å²) >= 11 is 0. The fourth-order valence-electron chi connectivity index (χ4n) is 4.71. The van der Waals surface area contributed by atoms with E-state index in [0.717, 1.165) is 12.8 Å². The van der Waals surface area contributed by atoms with Gasteiger partial charge in [-0.15, -0.1) is 0 Å². The first-order valence-electron chi connectivity index (χ1n) is 12.3. The zero-order valence-corrected chi connectivity index (χ0v) is 20.6. The Labute approximate surface area is 216 Å². The molecule has 0 aromatic heterocycles. The molecular weight excluding hydrogens is 504 g/mol. The Bertz CT molecular complexity index is 1270. The second-order valence-corrected chi connectivity index (χ2v) is 9.83. The van der Waals surface area contributed by atoms with Crippen LogP contribution in [0.3, 0.4) is 0 Å². The van der Waals surface area contributed by atoms with Gasteiger partial charge >= 0.3 is 6.18 Å². The van der Waals surface area contributed by atoms with Crippen molar-refractivity contribution < 1.29 is 31.9 Å². The Kier molecular flexibility index (Phi) is 7.84. The van der Waals surface area contributed by atoms with Crippen LogP contribution >= 0.6 is 0 Å². The number of aliphatic imine (C=N–C) groups is 1. The molecule has 4 rings (SSSR count). The van der Waals surface area contributed by atoms with Crippen LogP contribution in [0.2, 0.25) is 0 Å². The van der Waals surface area contributed by atoms with Crippen molar-refractivity contribution >= 4 is 29.1 Å². The summed E-state index contributed by atoms with van der Waals surface area (Å²) in [5.41, 5.74) is 7.71.